The van der Waals surface area contributed by atoms with E-state index in [0.717, 1.165) is 18.7 Å². The molecule has 0 radical (unpaired) electrons. The third kappa shape index (κ3) is 3.58. The molecule has 1 N–H and O–H groups in total. The van der Waals surface area contributed by atoms with E-state index in [9.17, 15) is 0 Å². The third-order valence-corrected chi connectivity index (χ3v) is 3.38. The Labute approximate surface area is 121 Å². The zero-order chi connectivity index (χ0) is 14.4. The smallest absolute Gasteiger partial charge is 0.123 e. The lowest BCUT2D eigenvalue weighted by Crippen LogP contribution is -2.23. The molecule has 1 aromatic heterocycles. The number of nitrogens with zero attached hydrogens (tertiary/aromatic N) is 1. The topological polar surface area (TPSA) is 34.2 Å². The van der Waals surface area contributed by atoms with Gasteiger partial charge < -0.3 is 10.1 Å². The molecule has 0 amide bonds. The van der Waals surface area contributed by atoms with Gasteiger partial charge in [0.05, 0.1) is 7.11 Å². The molecular weight excluding hydrogens is 248 g/mol. The maximum atomic E-state index is 5.54. The van der Waals surface area contributed by atoms with E-state index in [4.69, 9.17) is 4.74 Å². The average molecular weight is 270 g/mol. The highest BCUT2D eigenvalue weighted by atomic mass is 16.5. The molecule has 0 fully saturated rings. The molecule has 2 aromatic rings. The molecule has 20 heavy (non-hydrogen) atoms. The minimum absolute atomic E-state index is 0.236. The number of hydrogen-bond donors (Lipinski definition) is 1. The average Bonchev–Trinajstić information content (AvgIpc) is 2.48. The van der Waals surface area contributed by atoms with Gasteiger partial charge in [-0.25, -0.2) is 0 Å². The fourth-order valence-electron chi connectivity index (χ4n) is 2.40. The molecule has 0 saturated heterocycles. The quantitative estimate of drug-likeness (QED) is 0.874. The Morgan fingerprint density at radius 1 is 1.30 bits per heavy atom. The zero-order valence-electron chi connectivity index (χ0n) is 12.4. The second kappa shape index (κ2) is 7.06. The van der Waals surface area contributed by atoms with Crippen molar-refractivity contribution in [2.45, 2.75) is 26.3 Å². The number of likely N-dealkylation sites (N-methyl/N-ethyl adjacent to an activating group) is 1. The van der Waals surface area contributed by atoms with Crippen molar-refractivity contribution in [3.8, 4) is 5.75 Å². The van der Waals surface area contributed by atoms with Crippen LogP contribution in [-0.4, -0.2) is 18.6 Å². The summed E-state index contributed by atoms with van der Waals surface area (Å²) >= 11 is 0. The Bertz CT molecular complexity index is 540. The lowest BCUT2D eigenvalue weighted by molar-refractivity contribution is 0.399. The van der Waals surface area contributed by atoms with Crippen LogP contribution >= 0.6 is 0 Å². The highest BCUT2D eigenvalue weighted by molar-refractivity contribution is 5.40. The summed E-state index contributed by atoms with van der Waals surface area (Å²) in [4.78, 5) is 4.19. The van der Waals surface area contributed by atoms with Crippen LogP contribution in [0, 0.1) is 6.92 Å². The van der Waals surface area contributed by atoms with Gasteiger partial charge in [0.25, 0.3) is 0 Å². The van der Waals surface area contributed by atoms with Crippen LogP contribution < -0.4 is 10.1 Å². The molecule has 1 atom stereocenters. The number of ether oxygens (including phenoxy) is 1. The Balaban J connectivity index is 2.28. The molecule has 0 aliphatic heterocycles. The van der Waals surface area contributed by atoms with E-state index in [0.29, 0.717) is 0 Å². The summed E-state index contributed by atoms with van der Waals surface area (Å²) in [5.41, 5.74) is 3.63. The van der Waals surface area contributed by atoms with Crippen LogP contribution in [-0.2, 0) is 6.42 Å². The number of hydrogen-bond acceptors (Lipinski definition) is 3. The van der Waals surface area contributed by atoms with Crippen molar-refractivity contribution < 1.29 is 4.74 Å². The van der Waals surface area contributed by atoms with Crippen LogP contribution in [0.5, 0.6) is 5.75 Å². The molecular formula is C17H22N2O. The fraction of sp³-hybridized carbons (Fsp3) is 0.353. The number of methoxy groups -OCH3 is 1. The second-order valence-electron chi connectivity index (χ2n) is 4.92. The molecule has 0 spiro atoms. The fourth-order valence-corrected chi connectivity index (χ4v) is 2.40. The van der Waals surface area contributed by atoms with Gasteiger partial charge in [-0.1, -0.05) is 25.1 Å². The molecule has 3 nitrogen and oxygen atoms in total. The summed E-state index contributed by atoms with van der Waals surface area (Å²) in [6.07, 6.45) is 4.63. The van der Waals surface area contributed by atoms with Crippen LogP contribution in [0.1, 0.15) is 29.7 Å². The molecule has 1 unspecified atom stereocenters. The van der Waals surface area contributed by atoms with Gasteiger partial charge in [0.15, 0.2) is 0 Å². The highest BCUT2D eigenvalue weighted by Gasteiger charge is 2.16. The van der Waals surface area contributed by atoms with E-state index in [2.05, 4.69) is 48.4 Å². The van der Waals surface area contributed by atoms with E-state index < -0.39 is 0 Å². The first-order valence-corrected chi connectivity index (χ1v) is 7.01. The van der Waals surface area contributed by atoms with E-state index in [-0.39, 0.29) is 6.04 Å². The van der Waals surface area contributed by atoms with Gasteiger partial charge in [-0.15, -0.1) is 0 Å². The normalized spacial score (nSPS) is 12.2. The van der Waals surface area contributed by atoms with Gasteiger partial charge in [-0.05, 0) is 43.1 Å². The van der Waals surface area contributed by atoms with Crippen molar-refractivity contribution in [3.63, 3.8) is 0 Å². The molecule has 2 rings (SSSR count). The predicted molar refractivity (Wildman–Crippen MR) is 82.1 cm³/mol. The summed E-state index contributed by atoms with van der Waals surface area (Å²) in [6, 6.07) is 10.7. The minimum atomic E-state index is 0.236. The summed E-state index contributed by atoms with van der Waals surface area (Å²) in [6.45, 7) is 5.12. The second-order valence-corrected chi connectivity index (χ2v) is 4.92. The first-order valence-electron chi connectivity index (χ1n) is 7.01. The van der Waals surface area contributed by atoms with Gasteiger partial charge in [0.1, 0.15) is 5.75 Å². The van der Waals surface area contributed by atoms with Crippen molar-refractivity contribution in [2.24, 2.45) is 0 Å². The Hall–Kier alpha value is -1.87. The number of aryl methyl sites for hydroxylation is 1. The van der Waals surface area contributed by atoms with Crippen LogP contribution in [0.3, 0.4) is 0 Å². The number of benzene rings is 1. The van der Waals surface area contributed by atoms with Crippen molar-refractivity contribution >= 4 is 0 Å². The molecule has 0 saturated carbocycles. The van der Waals surface area contributed by atoms with Gasteiger partial charge in [-0.3, -0.25) is 4.98 Å². The third-order valence-electron chi connectivity index (χ3n) is 3.38. The van der Waals surface area contributed by atoms with Crippen LogP contribution in [0.2, 0.25) is 0 Å². The molecule has 0 aliphatic carbocycles. The monoisotopic (exact) mass is 270 g/mol. The van der Waals surface area contributed by atoms with E-state index in [1.807, 2.05) is 12.3 Å². The van der Waals surface area contributed by atoms with E-state index >= 15 is 0 Å². The zero-order valence-corrected chi connectivity index (χ0v) is 12.4. The van der Waals surface area contributed by atoms with Crippen LogP contribution in [0.15, 0.2) is 42.7 Å². The Morgan fingerprint density at radius 3 is 2.80 bits per heavy atom. The van der Waals surface area contributed by atoms with Gasteiger partial charge in [-0.2, -0.15) is 0 Å². The summed E-state index contributed by atoms with van der Waals surface area (Å²) in [5.74, 6) is 0.944. The van der Waals surface area contributed by atoms with Gasteiger partial charge >= 0.3 is 0 Å². The first kappa shape index (κ1) is 14.5. The lowest BCUT2D eigenvalue weighted by atomic mass is 9.97. The number of nitrogens with one attached hydrogen (secondary N) is 1. The Morgan fingerprint density at radius 2 is 2.15 bits per heavy atom. The maximum absolute atomic E-state index is 5.54. The predicted octanol–water partition coefficient (Wildman–Crippen LogP) is 3.29. The Kier molecular flexibility index (Phi) is 5.13. The van der Waals surface area contributed by atoms with Crippen LogP contribution in [0.4, 0.5) is 0 Å². The molecule has 1 aromatic carbocycles. The van der Waals surface area contributed by atoms with Crippen molar-refractivity contribution in [1.82, 2.24) is 10.3 Å². The summed E-state index contributed by atoms with van der Waals surface area (Å²) < 4.78 is 5.54. The van der Waals surface area contributed by atoms with Crippen molar-refractivity contribution in [3.05, 3.63) is 59.4 Å². The lowest BCUT2D eigenvalue weighted by Gasteiger charge is -2.21. The first-order chi connectivity index (χ1) is 9.74. The standard InChI is InChI=1S/C17H22N2O/c1-4-19-16(11-14-6-5-9-18-12-14)15-8-7-13(2)10-17(15)20-3/h5-10,12,16,19H,4,11H2,1-3H3. The minimum Gasteiger partial charge on any atom is -0.496 e. The number of rotatable bonds is 6. The number of aromatic nitrogens is 1. The van der Waals surface area contributed by atoms with Gasteiger partial charge in [0, 0.05) is 24.0 Å². The van der Waals surface area contributed by atoms with E-state index in [1.54, 1.807) is 13.3 Å². The summed E-state index contributed by atoms with van der Waals surface area (Å²) in [7, 11) is 1.73. The molecule has 0 bridgehead atoms. The number of pyridine rings is 1. The summed E-state index contributed by atoms with van der Waals surface area (Å²) in [5, 5.41) is 3.53. The van der Waals surface area contributed by atoms with Crippen molar-refractivity contribution in [2.75, 3.05) is 13.7 Å². The van der Waals surface area contributed by atoms with Crippen LogP contribution in [0.25, 0.3) is 0 Å². The highest BCUT2D eigenvalue weighted by Crippen LogP contribution is 2.28. The van der Waals surface area contributed by atoms with Crippen molar-refractivity contribution in [1.29, 1.82) is 0 Å². The van der Waals surface area contributed by atoms with E-state index in [1.165, 1.54) is 16.7 Å². The maximum Gasteiger partial charge on any atom is 0.123 e. The molecule has 106 valence electrons. The molecule has 0 aliphatic rings. The van der Waals surface area contributed by atoms with Gasteiger partial charge in [0.2, 0.25) is 0 Å². The largest absolute Gasteiger partial charge is 0.496 e. The molecule has 1 heterocycles. The SMILES string of the molecule is CCNC(Cc1cccnc1)c1ccc(C)cc1OC. The molecule has 3 heteroatoms.